The van der Waals surface area contributed by atoms with Gasteiger partial charge in [-0.3, -0.25) is 4.79 Å². The van der Waals surface area contributed by atoms with Gasteiger partial charge in [0.1, 0.15) is 6.61 Å². The number of rotatable bonds is 9. The summed E-state index contributed by atoms with van der Waals surface area (Å²) in [6.45, 7) is 2.20. The molecule has 3 N–H and O–H groups in total. The highest BCUT2D eigenvalue weighted by Gasteiger charge is 2.29. The predicted molar refractivity (Wildman–Crippen MR) is 117 cm³/mol. The van der Waals surface area contributed by atoms with Gasteiger partial charge in [-0.2, -0.15) is 0 Å². The first-order valence-corrected chi connectivity index (χ1v) is 10.2. The molecule has 7 heteroatoms. The molecule has 1 unspecified atom stereocenters. The minimum absolute atomic E-state index is 0.00177. The number of hydrogen-bond donors (Lipinski definition) is 3. The fourth-order valence-corrected chi connectivity index (χ4v) is 3.68. The van der Waals surface area contributed by atoms with E-state index in [-0.39, 0.29) is 37.4 Å². The third kappa shape index (κ3) is 5.94. The topological polar surface area (TPSA) is 105 Å². The first-order chi connectivity index (χ1) is 15.0. The second kappa shape index (κ2) is 10.4. The van der Waals surface area contributed by atoms with Crippen molar-refractivity contribution in [2.45, 2.75) is 31.7 Å². The number of nitrogens with one attached hydrogen (secondary N) is 2. The summed E-state index contributed by atoms with van der Waals surface area (Å²) in [7, 11) is 0. The summed E-state index contributed by atoms with van der Waals surface area (Å²) < 4.78 is 5.50. The molecule has 2 amide bonds. The summed E-state index contributed by atoms with van der Waals surface area (Å²) in [5.41, 5.74) is 4.64. The third-order valence-corrected chi connectivity index (χ3v) is 5.19. The summed E-state index contributed by atoms with van der Waals surface area (Å²) in [5.74, 6) is -1.27. The highest BCUT2D eigenvalue weighted by molar-refractivity contribution is 5.80. The fraction of sp³-hybridized carbons (Fsp3) is 0.292. The Kier molecular flexibility index (Phi) is 7.43. The largest absolute Gasteiger partial charge is 0.478 e. The van der Waals surface area contributed by atoms with E-state index in [1.807, 2.05) is 24.3 Å². The first kappa shape index (κ1) is 22.1. The van der Waals surface area contributed by atoms with Gasteiger partial charge < -0.3 is 20.5 Å². The summed E-state index contributed by atoms with van der Waals surface area (Å²) in [5, 5.41) is 13.8. The van der Waals surface area contributed by atoms with Crippen LogP contribution in [0.1, 0.15) is 36.8 Å². The Hall–Kier alpha value is -3.61. The molecule has 2 aromatic carbocycles. The lowest BCUT2D eigenvalue weighted by Crippen LogP contribution is -2.35. The number of fused-ring (bicyclic) bond motifs is 3. The van der Waals surface area contributed by atoms with Gasteiger partial charge in [0, 0.05) is 31.0 Å². The van der Waals surface area contributed by atoms with Crippen LogP contribution in [0.4, 0.5) is 4.79 Å². The molecule has 31 heavy (non-hydrogen) atoms. The predicted octanol–water partition coefficient (Wildman–Crippen LogP) is 3.45. The van der Waals surface area contributed by atoms with E-state index in [1.54, 1.807) is 6.92 Å². The quantitative estimate of drug-likeness (QED) is 0.537. The first-order valence-electron chi connectivity index (χ1n) is 10.2. The summed E-state index contributed by atoms with van der Waals surface area (Å²) >= 11 is 0. The molecule has 0 radical (unpaired) electrons. The number of carbonyl (C=O) groups is 3. The molecule has 0 saturated heterocycles. The summed E-state index contributed by atoms with van der Waals surface area (Å²) in [4.78, 5) is 34.4. The van der Waals surface area contributed by atoms with Crippen LogP contribution >= 0.6 is 0 Å². The molecular formula is C24H26N2O5. The Balaban J connectivity index is 1.44. The van der Waals surface area contributed by atoms with Gasteiger partial charge in [-0.15, -0.1) is 0 Å². The normalized spacial score (nSPS) is 13.3. The van der Waals surface area contributed by atoms with Crippen molar-refractivity contribution in [3.8, 4) is 11.1 Å². The lowest BCUT2D eigenvalue weighted by Gasteiger charge is -2.17. The monoisotopic (exact) mass is 422 g/mol. The van der Waals surface area contributed by atoms with Crippen LogP contribution < -0.4 is 10.6 Å². The molecule has 162 valence electrons. The second-order valence-corrected chi connectivity index (χ2v) is 7.45. The fourth-order valence-electron chi connectivity index (χ4n) is 3.68. The number of amides is 2. The number of hydrogen-bond acceptors (Lipinski definition) is 4. The summed E-state index contributed by atoms with van der Waals surface area (Å²) in [6, 6.07) is 16.0. The minimum atomic E-state index is -1.06. The van der Waals surface area contributed by atoms with E-state index in [4.69, 9.17) is 9.84 Å². The van der Waals surface area contributed by atoms with Crippen LogP contribution in [0.15, 0.2) is 60.7 Å². The average molecular weight is 422 g/mol. The second-order valence-electron chi connectivity index (χ2n) is 7.45. The molecule has 0 aliphatic heterocycles. The molecule has 0 heterocycles. The van der Waals surface area contributed by atoms with Crippen molar-refractivity contribution in [1.29, 1.82) is 0 Å². The number of benzene rings is 2. The van der Waals surface area contributed by atoms with Gasteiger partial charge in [-0.05, 0) is 35.6 Å². The third-order valence-electron chi connectivity index (χ3n) is 5.19. The van der Waals surface area contributed by atoms with Crippen molar-refractivity contribution in [3.05, 3.63) is 71.8 Å². The highest BCUT2D eigenvalue weighted by atomic mass is 16.5. The summed E-state index contributed by atoms with van der Waals surface area (Å²) in [6.07, 6.45) is 2.48. The molecule has 0 spiro atoms. The van der Waals surface area contributed by atoms with Crippen molar-refractivity contribution >= 4 is 18.0 Å². The van der Waals surface area contributed by atoms with Crippen molar-refractivity contribution in [3.63, 3.8) is 0 Å². The number of carboxylic acid groups (broad SMARTS) is 1. The van der Waals surface area contributed by atoms with Crippen LogP contribution in [0, 0.1) is 0 Å². The molecular weight excluding hydrogens is 396 g/mol. The van der Waals surface area contributed by atoms with Crippen molar-refractivity contribution < 1.29 is 24.2 Å². The van der Waals surface area contributed by atoms with E-state index >= 15 is 0 Å². The van der Waals surface area contributed by atoms with E-state index in [1.165, 1.54) is 17.2 Å². The maximum absolute atomic E-state index is 12.3. The van der Waals surface area contributed by atoms with Gasteiger partial charge in [-0.25, -0.2) is 9.59 Å². The molecule has 3 rings (SSSR count). The Labute approximate surface area is 181 Å². The van der Waals surface area contributed by atoms with Crippen LogP contribution in [0.3, 0.4) is 0 Å². The number of carbonyl (C=O) groups excluding carboxylic acids is 2. The maximum Gasteiger partial charge on any atom is 0.407 e. The van der Waals surface area contributed by atoms with E-state index in [9.17, 15) is 14.4 Å². The molecule has 0 bridgehead atoms. The van der Waals surface area contributed by atoms with Crippen LogP contribution in [0.2, 0.25) is 0 Å². The smallest absolute Gasteiger partial charge is 0.407 e. The van der Waals surface area contributed by atoms with Crippen LogP contribution in [0.25, 0.3) is 11.1 Å². The van der Waals surface area contributed by atoms with E-state index < -0.39 is 12.1 Å². The zero-order chi connectivity index (χ0) is 22.2. The van der Waals surface area contributed by atoms with Gasteiger partial charge in [0.05, 0.1) is 0 Å². The molecule has 2 aromatic rings. The van der Waals surface area contributed by atoms with E-state index in [0.717, 1.165) is 17.2 Å². The zero-order valence-electron chi connectivity index (χ0n) is 17.3. The number of carboxylic acids is 1. The molecule has 0 fully saturated rings. The van der Waals surface area contributed by atoms with Crippen molar-refractivity contribution in [1.82, 2.24) is 10.6 Å². The van der Waals surface area contributed by atoms with Crippen molar-refractivity contribution in [2.75, 3.05) is 13.2 Å². The molecule has 1 aliphatic rings. The Morgan fingerprint density at radius 1 is 1.06 bits per heavy atom. The lowest BCUT2D eigenvalue weighted by atomic mass is 9.98. The van der Waals surface area contributed by atoms with Crippen LogP contribution in [-0.2, 0) is 14.3 Å². The van der Waals surface area contributed by atoms with E-state index in [0.29, 0.717) is 6.42 Å². The Morgan fingerprint density at radius 3 is 2.29 bits per heavy atom. The lowest BCUT2D eigenvalue weighted by molar-refractivity contribution is -0.131. The Bertz CT molecular complexity index is 940. The SMILES string of the molecule is CC(CCC(=O)NC/C=C/C(=O)O)NC(=O)OCC1c2ccccc2-c2ccccc21. The molecule has 1 atom stereocenters. The van der Waals surface area contributed by atoms with Gasteiger partial charge in [0.15, 0.2) is 0 Å². The van der Waals surface area contributed by atoms with Crippen LogP contribution in [-0.4, -0.2) is 42.3 Å². The molecule has 0 aromatic heterocycles. The molecule has 0 saturated carbocycles. The zero-order valence-corrected chi connectivity index (χ0v) is 17.3. The van der Waals surface area contributed by atoms with Gasteiger partial charge >= 0.3 is 12.1 Å². The van der Waals surface area contributed by atoms with Gasteiger partial charge in [-0.1, -0.05) is 54.6 Å². The number of ether oxygens (including phenoxy) is 1. The average Bonchev–Trinajstić information content (AvgIpc) is 3.07. The van der Waals surface area contributed by atoms with Gasteiger partial charge in [0.25, 0.3) is 0 Å². The highest BCUT2D eigenvalue weighted by Crippen LogP contribution is 2.44. The van der Waals surface area contributed by atoms with Gasteiger partial charge in [0.2, 0.25) is 5.91 Å². The molecule has 7 nitrogen and oxygen atoms in total. The maximum atomic E-state index is 12.3. The molecule has 1 aliphatic carbocycles. The number of aliphatic carboxylic acids is 1. The van der Waals surface area contributed by atoms with Crippen molar-refractivity contribution in [2.24, 2.45) is 0 Å². The number of alkyl carbamates (subject to hydrolysis) is 1. The minimum Gasteiger partial charge on any atom is -0.478 e. The van der Waals surface area contributed by atoms with E-state index in [2.05, 4.69) is 34.9 Å². The van der Waals surface area contributed by atoms with Crippen LogP contribution in [0.5, 0.6) is 0 Å². The Morgan fingerprint density at radius 2 is 1.68 bits per heavy atom. The standard InChI is InChI=1S/C24H26N2O5/c1-16(12-13-22(27)25-14-6-11-23(28)29)26-24(30)31-15-21-19-9-4-2-7-17(19)18-8-3-5-10-20(18)21/h2-11,16,21H,12-15H2,1H3,(H,25,27)(H,26,30)(H,28,29)/b11-6+.